The Hall–Kier alpha value is -1.11. The van der Waals surface area contributed by atoms with Crippen LogP contribution in [-0.4, -0.2) is 9.91 Å². The molecule has 0 fully saturated rings. The van der Waals surface area contributed by atoms with Crippen molar-refractivity contribution < 1.29 is 4.92 Å². The molecule has 1 heterocycles. The number of nitro groups is 1. The fraction of sp³-hybridized carbons (Fsp3) is 0. The summed E-state index contributed by atoms with van der Waals surface area (Å²) in [5, 5.41) is 12.9. The van der Waals surface area contributed by atoms with Gasteiger partial charge in [-0.15, -0.1) is 11.3 Å². The summed E-state index contributed by atoms with van der Waals surface area (Å²) in [6.07, 6.45) is 0. The first-order valence-electron chi connectivity index (χ1n) is 4.19. The molecule has 1 aromatic carbocycles. The molecular weight excluding hydrogens is 268 g/mol. The van der Waals surface area contributed by atoms with E-state index in [9.17, 15) is 10.1 Å². The minimum atomic E-state index is -0.405. The Balaban J connectivity index is 2.31. The molecule has 0 saturated carbocycles. The van der Waals surface area contributed by atoms with E-state index in [1.165, 1.54) is 29.2 Å². The van der Waals surface area contributed by atoms with E-state index in [4.69, 9.17) is 11.6 Å². The van der Waals surface area contributed by atoms with Gasteiger partial charge in [0.15, 0.2) is 4.34 Å². The molecule has 2 aromatic rings. The molecule has 0 aliphatic rings. The van der Waals surface area contributed by atoms with Crippen LogP contribution in [0, 0.1) is 10.1 Å². The number of hydrogen-bond acceptors (Lipinski definition) is 5. The van der Waals surface area contributed by atoms with Crippen LogP contribution in [0.1, 0.15) is 0 Å². The largest absolute Gasteiger partial charge is 0.283 e. The Morgan fingerprint density at radius 3 is 2.81 bits per heavy atom. The van der Waals surface area contributed by atoms with Crippen LogP contribution in [0.15, 0.2) is 38.9 Å². The van der Waals surface area contributed by atoms with E-state index >= 15 is 0 Å². The monoisotopic (exact) mass is 272 g/mol. The topological polar surface area (TPSA) is 56.0 Å². The van der Waals surface area contributed by atoms with Gasteiger partial charge in [-0.25, -0.2) is 4.98 Å². The van der Waals surface area contributed by atoms with Gasteiger partial charge in [-0.1, -0.05) is 35.5 Å². The van der Waals surface area contributed by atoms with Gasteiger partial charge in [0, 0.05) is 11.4 Å². The van der Waals surface area contributed by atoms with Crippen LogP contribution in [0.4, 0.5) is 5.69 Å². The first kappa shape index (κ1) is 11.4. The van der Waals surface area contributed by atoms with Gasteiger partial charge >= 0.3 is 0 Å². The maximum absolute atomic E-state index is 10.8. The van der Waals surface area contributed by atoms with Crippen LogP contribution < -0.4 is 0 Å². The quantitative estimate of drug-likeness (QED) is 0.629. The van der Waals surface area contributed by atoms with E-state index in [-0.39, 0.29) is 5.69 Å². The highest BCUT2D eigenvalue weighted by Gasteiger charge is 2.14. The highest BCUT2D eigenvalue weighted by atomic mass is 35.5. The molecule has 2 rings (SSSR count). The molecule has 82 valence electrons. The minimum absolute atomic E-state index is 0.0822. The third-order valence-corrected chi connectivity index (χ3v) is 4.04. The van der Waals surface area contributed by atoms with Crippen molar-refractivity contribution in [3.63, 3.8) is 0 Å². The normalized spacial score (nSPS) is 10.3. The van der Waals surface area contributed by atoms with Crippen molar-refractivity contribution in [2.75, 3.05) is 0 Å². The number of aromatic nitrogens is 1. The van der Waals surface area contributed by atoms with E-state index in [1.54, 1.807) is 23.6 Å². The van der Waals surface area contributed by atoms with Gasteiger partial charge in [0.1, 0.15) is 5.15 Å². The first-order valence-corrected chi connectivity index (χ1v) is 6.26. The van der Waals surface area contributed by atoms with Gasteiger partial charge in [0.2, 0.25) is 0 Å². The average Bonchev–Trinajstić information content (AvgIpc) is 2.64. The summed E-state index contributed by atoms with van der Waals surface area (Å²) in [5.74, 6) is 0. The van der Waals surface area contributed by atoms with Gasteiger partial charge < -0.3 is 0 Å². The third kappa shape index (κ3) is 2.52. The molecule has 0 N–H and O–H groups in total. The number of nitrogens with zero attached hydrogens (tertiary/aromatic N) is 2. The van der Waals surface area contributed by atoms with E-state index in [2.05, 4.69) is 4.98 Å². The standard InChI is InChI=1S/C9H5ClN2O2S2/c10-8-5-15-9(11-8)16-7-4-2-1-3-6(7)12(13)14/h1-5H. The fourth-order valence-electron chi connectivity index (χ4n) is 1.07. The van der Waals surface area contributed by atoms with Gasteiger partial charge in [-0.2, -0.15) is 0 Å². The summed E-state index contributed by atoms with van der Waals surface area (Å²) >= 11 is 8.29. The van der Waals surface area contributed by atoms with Crippen molar-refractivity contribution in [2.24, 2.45) is 0 Å². The lowest BCUT2D eigenvalue weighted by Crippen LogP contribution is -1.89. The summed E-state index contributed by atoms with van der Waals surface area (Å²) in [6, 6.07) is 6.55. The maximum Gasteiger partial charge on any atom is 0.283 e. The second kappa shape index (κ2) is 4.82. The van der Waals surface area contributed by atoms with E-state index < -0.39 is 4.92 Å². The molecule has 7 heteroatoms. The SMILES string of the molecule is O=[N+]([O-])c1ccccc1Sc1nc(Cl)cs1. The molecule has 0 aliphatic heterocycles. The zero-order chi connectivity index (χ0) is 11.5. The average molecular weight is 273 g/mol. The maximum atomic E-state index is 10.8. The second-order valence-corrected chi connectivity index (χ2v) is 5.30. The molecule has 0 atom stereocenters. The number of nitro benzene ring substituents is 1. The highest BCUT2D eigenvalue weighted by Crippen LogP contribution is 2.36. The zero-order valence-corrected chi connectivity index (χ0v) is 10.2. The molecule has 0 aliphatic carbocycles. The molecule has 1 aromatic heterocycles. The summed E-state index contributed by atoms with van der Waals surface area (Å²) in [6.45, 7) is 0. The fourth-order valence-corrected chi connectivity index (χ4v) is 3.13. The molecule has 0 bridgehead atoms. The molecule has 4 nitrogen and oxygen atoms in total. The Bertz CT molecular complexity index is 530. The molecule has 0 radical (unpaired) electrons. The Morgan fingerprint density at radius 1 is 1.44 bits per heavy atom. The van der Waals surface area contributed by atoms with Crippen LogP contribution >= 0.6 is 34.7 Å². The van der Waals surface area contributed by atoms with E-state index in [1.807, 2.05) is 0 Å². The van der Waals surface area contributed by atoms with Crippen LogP contribution in [0.25, 0.3) is 0 Å². The summed E-state index contributed by atoms with van der Waals surface area (Å²) in [5.41, 5.74) is 0.0822. The number of rotatable bonds is 3. The number of para-hydroxylation sites is 1. The predicted molar refractivity (Wildman–Crippen MR) is 64.3 cm³/mol. The summed E-state index contributed by atoms with van der Waals surface area (Å²) < 4.78 is 0.694. The van der Waals surface area contributed by atoms with Crippen LogP contribution in [-0.2, 0) is 0 Å². The van der Waals surface area contributed by atoms with Crippen molar-refractivity contribution >= 4 is 40.4 Å². The smallest absolute Gasteiger partial charge is 0.258 e. The molecule has 0 spiro atoms. The van der Waals surface area contributed by atoms with Gasteiger partial charge in [-0.05, 0) is 6.07 Å². The van der Waals surface area contributed by atoms with Gasteiger partial charge in [0.05, 0.1) is 9.82 Å². The van der Waals surface area contributed by atoms with Gasteiger partial charge in [-0.3, -0.25) is 10.1 Å². The lowest BCUT2D eigenvalue weighted by Gasteiger charge is -1.98. The Labute approximate surface area is 104 Å². The lowest BCUT2D eigenvalue weighted by molar-refractivity contribution is -0.387. The summed E-state index contributed by atoms with van der Waals surface area (Å²) in [4.78, 5) is 15.0. The van der Waals surface area contributed by atoms with Crippen molar-refractivity contribution in [3.8, 4) is 0 Å². The predicted octanol–water partition coefficient (Wildman–Crippen LogP) is 3.86. The lowest BCUT2D eigenvalue weighted by atomic mass is 10.3. The number of hydrogen-bond donors (Lipinski definition) is 0. The second-order valence-electron chi connectivity index (χ2n) is 2.76. The van der Waals surface area contributed by atoms with Crippen molar-refractivity contribution in [3.05, 3.63) is 44.9 Å². The number of benzene rings is 1. The summed E-state index contributed by atoms with van der Waals surface area (Å²) in [7, 11) is 0. The van der Waals surface area contributed by atoms with E-state index in [0.717, 1.165) is 0 Å². The number of thiazole rings is 1. The van der Waals surface area contributed by atoms with Crippen molar-refractivity contribution in [2.45, 2.75) is 9.24 Å². The third-order valence-electron chi connectivity index (χ3n) is 1.71. The zero-order valence-electron chi connectivity index (χ0n) is 7.79. The minimum Gasteiger partial charge on any atom is -0.258 e. The molecule has 0 saturated heterocycles. The van der Waals surface area contributed by atoms with Crippen LogP contribution in [0.3, 0.4) is 0 Å². The highest BCUT2D eigenvalue weighted by molar-refractivity contribution is 8.01. The number of halogens is 1. The van der Waals surface area contributed by atoms with Crippen molar-refractivity contribution in [1.29, 1.82) is 0 Å². The first-order chi connectivity index (χ1) is 7.66. The van der Waals surface area contributed by atoms with Gasteiger partial charge in [0.25, 0.3) is 5.69 Å². The molecular formula is C9H5ClN2O2S2. The van der Waals surface area contributed by atoms with Crippen molar-refractivity contribution in [1.82, 2.24) is 4.98 Å². The Morgan fingerprint density at radius 2 is 2.19 bits per heavy atom. The molecule has 0 amide bonds. The van der Waals surface area contributed by atoms with Crippen LogP contribution in [0.5, 0.6) is 0 Å². The van der Waals surface area contributed by atoms with E-state index in [0.29, 0.717) is 14.4 Å². The van der Waals surface area contributed by atoms with Crippen LogP contribution in [0.2, 0.25) is 5.15 Å². The molecule has 16 heavy (non-hydrogen) atoms. The Kier molecular flexibility index (Phi) is 3.42. The molecule has 0 unspecified atom stereocenters.